The lowest BCUT2D eigenvalue weighted by Gasteiger charge is -2.17. The molecule has 2 unspecified atom stereocenters. The molecule has 0 spiro atoms. The number of hydrogen-bond acceptors (Lipinski definition) is 4. The van der Waals surface area contributed by atoms with Crippen molar-refractivity contribution in [1.82, 2.24) is 10.0 Å². The fourth-order valence-corrected chi connectivity index (χ4v) is 4.18. The molecule has 0 aromatic heterocycles. The first-order valence-electron chi connectivity index (χ1n) is 5.90. The molecular formula is C10H20N2O2S2. The summed E-state index contributed by atoms with van der Waals surface area (Å²) in [6.45, 7) is 2.35. The summed E-state index contributed by atoms with van der Waals surface area (Å²) in [7, 11) is -3.14. The van der Waals surface area contributed by atoms with E-state index in [1.165, 1.54) is 12.8 Å². The van der Waals surface area contributed by atoms with Crippen LogP contribution < -0.4 is 10.0 Å². The quantitative estimate of drug-likeness (QED) is 0.736. The van der Waals surface area contributed by atoms with Gasteiger partial charge in [0.05, 0.1) is 5.25 Å². The van der Waals surface area contributed by atoms with Gasteiger partial charge in [0.1, 0.15) is 0 Å². The lowest BCUT2D eigenvalue weighted by Crippen LogP contribution is -2.44. The van der Waals surface area contributed by atoms with Gasteiger partial charge in [0.25, 0.3) is 0 Å². The lowest BCUT2D eigenvalue weighted by molar-refractivity contribution is 0.541. The van der Waals surface area contributed by atoms with Crippen LogP contribution in [-0.2, 0) is 10.0 Å². The molecule has 0 aromatic rings. The van der Waals surface area contributed by atoms with Crippen LogP contribution in [0, 0.1) is 0 Å². The van der Waals surface area contributed by atoms with Crippen molar-refractivity contribution in [2.75, 3.05) is 18.1 Å². The van der Waals surface area contributed by atoms with Crippen molar-refractivity contribution in [2.45, 2.75) is 43.5 Å². The lowest BCUT2D eigenvalue weighted by atomic mass is 10.3. The molecule has 1 saturated heterocycles. The Morgan fingerprint density at radius 1 is 1.31 bits per heavy atom. The largest absolute Gasteiger partial charge is 0.313 e. The smallest absolute Gasteiger partial charge is 0.215 e. The van der Waals surface area contributed by atoms with Gasteiger partial charge in [-0.1, -0.05) is 0 Å². The Hall–Kier alpha value is 0.220. The predicted octanol–water partition coefficient (Wildman–Crippen LogP) is 0.552. The standard InChI is InChI=1S/C10H20N2O2S2/c1-8(6-11-9-2-3-9)16(13,14)12-10-4-5-15-7-10/h8-12H,2-7H2,1H3. The zero-order chi connectivity index (χ0) is 11.6. The van der Waals surface area contributed by atoms with Crippen molar-refractivity contribution in [3.63, 3.8) is 0 Å². The number of sulfonamides is 1. The zero-order valence-corrected chi connectivity index (χ0v) is 11.2. The van der Waals surface area contributed by atoms with Gasteiger partial charge < -0.3 is 5.32 Å². The Balaban J connectivity index is 1.78. The van der Waals surface area contributed by atoms with Crippen LogP contribution in [0.5, 0.6) is 0 Å². The first-order chi connectivity index (χ1) is 7.58. The molecule has 2 rings (SSSR count). The van der Waals surface area contributed by atoms with Crippen molar-refractivity contribution in [3.05, 3.63) is 0 Å². The molecule has 2 fully saturated rings. The second-order valence-corrected chi connectivity index (χ2v) is 8.00. The van der Waals surface area contributed by atoms with E-state index in [4.69, 9.17) is 0 Å². The molecule has 1 heterocycles. The molecule has 94 valence electrons. The maximum absolute atomic E-state index is 12.0. The number of rotatable bonds is 6. The third kappa shape index (κ3) is 3.61. The van der Waals surface area contributed by atoms with E-state index in [0.717, 1.165) is 17.9 Å². The van der Waals surface area contributed by atoms with Crippen molar-refractivity contribution < 1.29 is 8.42 Å². The maximum Gasteiger partial charge on any atom is 0.215 e. The topological polar surface area (TPSA) is 58.2 Å². The van der Waals surface area contributed by atoms with E-state index in [0.29, 0.717) is 12.6 Å². The van der Waals surface area contributed by atoms with Crippen molar-refractivity contribution in [2.24, 2.45) is 0 Å². The summed E-state index contributed by atoms with van der Waals surface area (Å²) in [6, 6.07) is 0.720. The van der Waals surface area contributed by atoms with Crippen LogP contribution in [-0.4, -0.2) is 43.8 Å². The second-order valence-electron chi connectivity index (χ2n) is 4.72. The molecule has 16 heavy (non-hydrogen) atoms. The second kappa shape index (κ2) is 5.25. The summed E-state index contributed by atoms with van der Waals surface area (Å²) < 4.78 is 26.7. The molecule has 0 aromatic carbocycles. The highest BCUT2D eigenvalue weighted by atomic mass is 32.2. The minimum atomic E-state index is -3.14. The summed E-state index contributed by atoms with van der Waals surface area (Å²) in [5.41, 5.74) is 0. The SMILES string of the molecule is CC(CNC1CC1)S(=O)(=O)NC1CCSC1. The molecule has 0 radical (unpaired) electrons. The molecule has 2 aliphatic rings. The average Bonchev–Trinajstić information content (AvgIpc) is 2.93. The maximum atomic E-state index is 12.0. The highest BCUT2D eigenvalue weighted by Gasteiger charge is 2.28. The summed E-state index contributed by atoms with van der Waals surface area (Å²) in [5.74, 6) is 1.99. The fraction of sp³-hybridized carbons (Fsp3) is 1.00. The van der Waals surface area contributed by atoms with Gasteiger partial charge >= 0.3 is 0 Å². The fourth-order valence-electron chi connectivity index (χ4n) is 1.71. The van der Waals surface area contributed by atoms with Gasteiger partial charge in [-0.05, 0) is 31.9 Å². The highest BCUT2D eigenvalue weighted by Crippen LogP contribution is 2.20. The van der Waals surface area contributed by atoms with Gasteiger partial charge in [-0.2, -0.15) is 11.8 Å². The Morgan fingerprint density at radius 3 is 2.62 bits per heavy atom. The number of nitrogens with one attached hydrogen (secondary N) is 2. The molecule has 0 bridgehead atoms. The van der Waals surface area contributed by atoms with Gasteiger partial charge in [0, 0.05) is 24.4 Å². The minimum Gasteiger partial charge on any atom is -0.313 e. The van der Waals surface area contributed by atoms with Crippen LogP contribution in [0.3, 0.4) is 0 Å². The van der Waals surface area contributed by atoms with Crippen LogP contribution in [0.15, 0.2) is 0 Å². The van der Waals surface area contributed by atoms with Crippen LogP contribution in [0.25, 0.3) is 0 Å². The summed E-state index contributed by atoms with van der Waals surface area (Å²) in [6.07, 6.45) is 3.35. The Labute approximate surface area is 102 Å². The highest BCUT2D eigenvalue weighted by molar-refractivity contribution is 7.99. The van der Waals surface area contributed by atoms with E-state index in [9.17, 15) is 8.42 Å². The van der Waals surface area contributed by atoms with Crippen LogP contribution in [0.2, 0.25) is 0 Å². The molecule has 1 aliphatic heterocycles. The molecule has 6 heteroatoms. The number of thioether (sulfide) groups is 1. The van der Waals surface area contributed by atoms with Crippen LogP contribution in [0.4, 0.5) is 0 Å². The Bertz CT molecular complexity index is 322. The van der Waals surface area contributed by atoms with Crippen molar-refractivity contribution >= 4 is 21.8 Å². The zero-order valence-electron chi connectivity index (χ0n) is 9.61. The molecule has 2 N–H and O–H groups in total. The third-order valence-electron chi connectivity index (χ3n) is 3.06. The predicted molar refractivity (Wildman–Crippen MR) is 68.3 cm³/mol. The molecule has 2 atom stereocenters. The first-order valence-corrected chi connectivity index (χ1v) is 8.60. The Morgan fingerprint density at radius 2 is 2.06 bits per heavy atom. The molecule has 1 aliphatic carbocycles. The average molecular weight is 264 g/mol. The third-order valence-corrected chi connectivity index (χ3v) is 6.11. The normalized spacial score (nSPS) is 28.2. The summed E-state index contributed by atoms with van der Waals surface area (Å²) in [5, 5.41) is 2.93. The van der Waals surface area contributed by atoms with Crippen molar-refractivity contribution in [1.29, 1.82) is 0 Å². The van der Waals surface area contributed by atoms with E-state index >= 15 is 0 Å². The van der Waals surface area contributed by atoms with Gasteiger partial charge in [0.2, 0.25) is 10.0 Å². The van der Waals surface area contributed by atoms with Gasteiger partial charge in [0.15, 0.2) is 0 Å². The summed E-state index contributed by atoms with van der Waals surface area (Å²) in [4.78, 5) is 0. The molecule has 0 amide bonds. The van der Waals surface area contributed by atoms with E-state index in [1.807, 2.05) is 11.8 Å². The van der Waals surface area contributed by atoms with E-state index in [2.05, 4.69) is 10.0 Å². The summed E-state index contributed by atoms with van der Waals surface area (Å²) >= 11 is 1.82. The number of hydrogen-bond donors (Lipinski definition) is 2. The van der Waals surface area contributed by atoms with Crippen LogP contribution >= 0.6 is 11.8 Å². The van der Waals surface area contributed by atoms with Gasteiger partial charge in [-0.15, -0.1) is 0 Å². The van der Waals surface area contributed by atoms with Gasteiger partial charge in [-0.3, -0.25) is 0 Å². The van der Waals surface area contributed by atoms with Crippen LogP contribution in [0.1, 0.15) is 26.2 Å². The molecular weight excluding hydrogens is 244 g/mol. The molecule has 4 nitrogen and oxygen atoms in total. The molecule has 1 saturated carbocycles. The van der Waals surface area contributed by atoms with Crippen molar-refractivity contribution in [3.8, 4) is 0 Å². The first kappa shape index (κ1) is 12.7. The van der Waals surface area contributed by atoms with E-state index < -0.39 is 10.0 Å². The van der Waals surface area contributed by atoms with Gasteiger partial charge in [-0.25, -0.2) is 13.1 Å². The van der Waals surface area contributed by atoms with E-state index in [-0.39, 0.29) is 11.3 Å². The minimum absolute atomic E-state index is 0.151. The monoisotopic (exact) mass is 264 g/mol. The van der Waals surface area contributed by atoms with E-state index in [1.54, 1.807) is 6.92 Å². The Kier molecular flexibility index (Phi) is 4.15.